The number of hydrogen-bond acceptors (Lipinski definition) is 2. The summed E-state index contributed by atoms with van der Waals surface area (Å²) in [7, 11) is 0. The minimum atomic E-state index is 0.162. The van der Waals surface area contributed by atoms with Crippen molar-refractivity contribution in [3.05, 3.63) is 28.2 Å². The minimum absolute atomic E-state index is 0.162. The molecule has 0 amide bonds. The van der Waals surface area contributed by atoms with E-state index in [9.17, 15) is 0 Å². The second kappa shape index (κ2) is 4.62. The van der Waals surface area contributed by atoms with E-state index in [1.807, 2.05) is 0 Å². The number of aryl methyl sites for hydroxylation is 1. The van der Waals surface area contributed by atoms with Crippen molar-refractivity contribution in [3.63, 3.8) is 0 Å². The molecule has 1 heterocycles. The summed E-state index contributed by atoms with van der Waals surface area (Å²) in [5, 5.41) is 0. The van der Waals surface area contributed by atoms with Crippen LogP contribution in [0.15, 0.2) is 22.7 Å². The molecule has 3 heteroatoms. The Balaban J connectivity index is 2.32. The maximum Gasteiger partial charge on any atom is 0.0386 e. The van der Waals surface area contributed by atoms with Crippen molar-refractivity contribution in [1.29, 1.82) is 0 Å². The first-order valence-corrected chi connectivity index (χ1v) is 7.00. The molecule has 1 saturated heterocycles. The topological polar surface area (TPSA) is 29.3 Å². The van der Waals surface area contributed by atoms with Crippen molar-refractivity contribution in [2.24, 2.45) is 11.7 Å². The van der Waals surface area contributed by atoms with Gasteiger partial charge in [0.2, 0.25) is 0 Å². The van der Waals surface area contributed by atoms with Crippen LogP contribution in [0.2, 0.25) is 0 Å². The summed E-state index contributed by atoms with van der Waals surface area (Å²) in [6.07, 6.45) is 1.19. The normalized spacial score (nSPS) is 23.1. The average Bonchev–Trinajstić information content (AvgIpc) is 2.57. The van der Waals surface area contributed by atoms with E-state index in [2.05, 4.69) is 59.8 Å². The molecule has 1 aromatic carbocycles. The standard InChI is InChI=1S/C14H21BrN2/c1-10-8-12(4-5-13(10)15)17-7-6-11(9-16)14(17,2)3/h4-5,8,11H,6-7,9,16H2,1-3H3. The number of nitrogens with two attached hydrogens (primary N) is 1. The van der Waals surface area contributed by atoms with E-state index in [-0.39, 0.29) is 5.54 Å². The van der Waals surface area contributed by atoms with Gasteiger partial charge < -0.3 is 10.6 Å². The Bertz CT molecular complexity index is 415. The molecule has 1 aliphatic heterocycles. The molecule has 1 fully saturated rings. The maximum absolute atomic E-state index is 5.87. The second-order valence-corrected chi connectivity index (χ2v) is 6.31. The Morgan fingerprint density at radius 3 is 2.71 bits per heavy atom. The van der Waals surface area contributed by atoms with Crippen molar-refractivity contribution in [2.75, 3.05) is 18.0 Å². The third-order valence-corrected chi connectivity index (χ3v) is 5.02. The number of nitrogens with zero attached hydrogens (tertiary/aromatic N) is 1. The summed E-state index contributed by atoms with van der Waals surface area (Å²) in [6.45, 7) is 8.62. The molecule has 94 valence electrons. The molecule has 2 rings (SSSR count). The lowest BCUT2D eigenvalue weighted by atomic mass is 9.88. The monoisotopic (exact) mass is 296 g/mol. The highest BCUT2D eigenvalue weighted by Crippen LogP contribution is 2.38. The van der Waals surface area contributed by atoms with E-state index < -0.39 is 0 Å². The molecule has 2 N–H and O–H groups in total. The number of halogens is 1. The van der Waals surface area contributed by atoms with E-state index in [0.29, 0.717) is 5.92 Å². The van der Waals surface area contributed by atoms with Crippen LogP contribution in [-0.2, 0) is 0 Å². The van der Waals surface area contributed by atoms with Crippen molar-refractivity contribution in [3.8, 4) is 0 Å². The van der Waals surface area contributed by atoms with Gasteiger partial charge in [-0.2, -0.15) is 0 Å². The highest BCUT2D eigenvalue weighted by molar-refractivity contribution is 9.10. The fourth-order valence-corrected chi connectivity index (χ4v) is 3.06. The van der Waals surface area contributed by atoms with Crippen LogP contribution in [0.1, 0.15) is 25.8 Å². The highest BCUT2D eigenvalue weighted by Gasteiger charge is 2.40. The third kappa shape index (κ3) is 2.23. The van der Waals surface area contributed by atoms with E-state index in [0.717, 1.165) is 13.1 Å². The molecule has 1 aliphatic rings. The van der Waals surface area contributed by atoms with Gasteiger partial charge in [0, 0.05) is 22.2 Å². The summed E-state index contributed by atoms with van der Waals surface area (Å²) in [5.41, 5.74) is 8.63. The molecule has 17 heavy (non-hydrogen) atoms. The molecule has 1 unspecified atom stereocenters. The fraction of sp³-hybridized carbons (Fsp3) is 0.571. The van der Waals surface area contributed by atoms with Crippen LogP contribution >= 0.6 is 15.9 Å². The Kier molecular flexibility index (Phi) is 3.50. The summed E-state index contributed by atoms with van der Waals surface area (Å²) in [6, 6.07) is 6.58. The Morgan fingerprint density at radius 2 is 2.18 bits per heavy atom. The lowest BCUT2D eigenvalue weighted by Gasteiger charge is -2.37. The van der Waals surface area contributed by atoms with Crippen molar-refractivity contribution >= 4 is 21.6 Å². The molecule has 1 aromatic rings. The molecule has 0 aromatic heterocycles. The van der Waals surface area contributed by atoms with Crippen LogP contribution in [0.3, 0.4) is 0 Å². The van der Waals surface area contributed by atoms with Crippen molar-refractivity contribution < 1.29 is 0 Å². The molecular formula is C14H21BrN2. The first-order chi connectivity index (χ1) is 7.96. The Labute approximate surface area is 112 Å². The fourth-order valence-electron chi connectivity index (χ4n) is 2.81. The number of anilines is 1. The zero-order valence-corrected chi connectivity index (χ0v) is 12.4. The van der Waals surface area contributed by atoms with Gasteiger partial charge >= 0.3 is 0 Å². The van der Waals surface area contributed by atoms with Crippen LogP contribution in [0.25, 0.3) is 0 Å². The first-order valence-electron chi connectivity index (χ1n) is 6.20. The van der Waals surface area contributed by atoms with Crippen molar-refractivity contribution in [1.82, 2.24) is 0 Å². The summed E-state index contributed by atoms with van der Waals surface area (Å²) in [4.78, 5) is 2.49. The maximum atomic E-state index is 5.87. The van der Waals surface area contributed by atoms with Gasteiger partial charge in [0.1, 0.15) is 0 Å². The van der Waals surface area contributed by atoms with E-state index in [1.165, 1.54) is 22.1 Å². The van der Waals surface area contributed by atoms with Gasteiger partial charge in [-0.3, -0.25) is 0 Å². The zero-order valence-electron chi connectivity index (χ0n) is 10.8. The number of benzene rings is 1. The highest BCUT2D eigenvalue weighted by atomic mass is 79.9. The molecule has 0 bridgehead atoms. The molecule has 0 saturated carbocycles. The minimum Gasteiger partial charge on any atom is -0.366 e. The first kappa shape index (κ1) is 12.9. The number of hydrogen-bond donors (Lipinski definition) is 1. The second-order valence-electron chi connectivity index (χ2n) is 5.46. The van der Waals surface area contributed by atoms with Gasteiger partial charge in [-0.1, -0.05) is 15.9 Å². The lowest BCUT2D eigenvalue weighted by Crippen LogP contribution is -2.44. The molecule has 1 atom stereocenters. The van der Waals surface area contributed by atoms with Crippen LogP contribution in [-0.4, -0.2) is 18.6 Å². The van der Waals surface area contributed by atoms with E-state index in [4.69, 9.17) is 5.73 Å². The van der Waals surface area contributed by atoms with Gasteiger partial charge in [0.15, 0.2) is 0 Å². The molecule has 0 radical (unpaired) electrons. The van der Waals surface area contributed by atoms with Crippen LogP contribution in [0, 0.1) is 12.8 Å². The lowest BCUT2D eigenvalue weighted by molar-refractivity contribution is 0.374. The molecule has 2 nitrogen and oxygen atoms in total. The van der Waals surface area contributed by atoms with Gasteiger partial charge in [0.05, 0.1) is 0 Å². The predicted molar refractivity (Wildman–Crippen MR) is 77.5 cm³/mol. The largest absolute Gasteiger partial charge is 0.366 e. The number of rotatable bonds is 2. The van der Waals surface area contributed by atoms with E-state index in [1.54, 1.807) is 0 Å². The van der Waals surface area contributed by atoms with Crippen LogP contribution < -0.4 is 10.6 Å². The zero-order chi connectivity index (χ0) is 12.6. The quantitative estimate of drug-likeness (QED) is 0.907. The smallest absolute Gasteiger partial charge is 0.0386 e. The SMILES string of the molecule is Cc1cc(N2CCC(CN)C2(C)C)ccc1Br. The van der Waals surface area contributed by atoms with E-state index >= 15 is 0 Å². The molecule has 0 spiro atoms. The van der Waals surface area contributed by atoms with Gasteiger partial charge in [0.25, 0.3) is 0 Å². The van der Waals surface area contributed by atoms with Crippen LogP contribution in [0.5, 0.6) is 0 Å². The third-order valence-electron chi connectivity index (χ3n) is 4.13. The van der Waals surface area contributed by atoms with Crippen molar-refractivity contribution in [2.45, 2.75) is 32.7 Å². The molecule has 0 aliphatic carbocycles. The van der Waals surface area contributed by atoms with Crippen LogP contribution in [0.4, 0.5) is 5.69 Å². The van der Waals surface area contributed by atoms with Gasteiger partial charge in [-0.05, 0) is 63.4 Å². The summed E-state index contributed by atoms with van der Waals surface area (Å²) < 4.78 is 1.17. The average molecular weight is 297 g/mol. The summed E-state index contributed by atoms with van der Waals surface area (Å²) in [5.74, 6) is 0.589. The predicted octanol–water partition coefficient (Wildman–Crippen LogP) is 3.32. The Morgan fingerprint density at radius 1 is 1.47 bits per heavy atom. The summed E-state index contributed by atoms with van der Waals surface area (Å²) >= 11 is 3.55. The Hall–Kier alpha value is -0.540. The van der Waals surface area contributed by atoms with Gasteiger partial charge in [-0.25, -0.2) is 0 Å². The molecular weight excluding hydrogens is 276 g/mol. The van der Waals surface area contributed by atoms with Gasteiger partial charge in [-0.15, -0.1) is 0 Å².